The Bertz CT molecular complexity index is 439. The highest BCUT2D eigenvalue weighted by Crippen LogP contribution is 2.06. The average Bonchev–Trinajstić information content (AvgIpc) is 2.54. The van der Waals surface area contributed by atoms with Gasteiger partial charge in [-0.05, 0) is 81.2 Å². The summed E-state index contributed by atoms with van der Waals surface area (Å²) in [4.78, 5) is 15.8. The molecule has 0 aromatic heterocycles. The van der Waals surface area contributed by atoms with Gasteiger partial charge in [-0.3, -0.25) is 21.0 Å². The number of rotatable bonds is 12. The monoisotopic (exact) mass is 383 g/mol. The third-order valence-corrected chi connectivity index (χ3v) is 4.16. The molecule has 0 atom stereocenters. The Morgan fingerprint density at radius 1 is 0.741 bits per heavy atom. The van der Waals surface area contributed by atoms with Crippen LogP contribution in [0.5, 0.6) is 0 Å². The van der Waals surface area contributed by atoms with Gasteiger partial charge in [-0.25, -0.2) is 0 Å². The van der Waals surface area contributed by atoms with Crippen LogP contribution in [-0.4, -0.2) is 107 Å². The van der Waals surface area contributed by atoms with E-state index in [4.69, 9.17) is 5.73 Å². The number of nitrogens with two attached hydrogens (primary N) is 1. The lowest BCUT2D eigenvalue weighted by Gasteiger charge is -2.39. The van der Waals surface area contributed by atoms with Crippen molar-refractivity contribution in [3.8, 4) is 0 Å². The maximum absolute atomic E-state index is 6.57. The van der Waals surface area contributed by atoms with Crippen molar-refractivity contribution in [2.45, 2.75) is 31.5 Å². The van der Waals surface area contributed by atoms with Gasteiger partial charge < -0.3 is 25.3 Å². The molecule has 1 fully saturated rings. The molecule has 0 aromatic rings. The summed E-state index contributed by atoms with van der Waals surface area (Å²) >= 11 is 0. The van der Waals surface area contributed by atoms with Gasteiger partial charge in [-0.1, -0.05) is 0 Å². The van der Waals surface area contributed by atoms with Crippen LogP contribution in [0.2, 0.25) is 0 Å². The molecule has 1 aliphatic heterocycles. The standard InChI is InChI=1S/C18H41N9/c1-25(2)13-7-10-18(19)23-16(20-11-8-14-26(3)4)22-17(24-18)21-12-9-15-27(5)6/h7-15,19H2,1-6H3,(H3,20,21,22,23,24). The van der Waals surface area contributed by atoms with Crippen molar-refractivity contribution in [1.29, 1.82) is 0 Å². The van der Waals surface area contributed by atoms with Gasteiger partial charge in [-0.2, -0.15) is 0 Å². The van der Waals surface area contributed by atoms with Crippen molar-refractivity contribution in [3.63, 3.8) is 0 Å². The molecule has 1 aliphatic rings. The fraction of sp³-hybridized carbons (Fsp3) is 0.889. The van der Waals surface area contributed by atoms with Crippen LogP contribution in [0, 0.1) is 0 Å². The largest absolute Gasteiger partial charge is 0.321 e. The smallest absolute Gasteiger partial charge is 0.200 e. The van der Waals surface area contributed by atoms with E-state index in [2.05, 4.69) is 82.9 Å². The molecule has 27 heavy (non-hydrogen) atoms. The van der Waals surface area contributed by atoms with Crippen LogP contribution >= 0.6 is 0 Å². The Labute approximate surface area is 165 Å². The number of hydrogen-bond donors (Lipinski definition) is 4. The van der Waals surface area contributed by atoms with Gasteiger partial charge in [0.1, 0.15) is 0 Å². The molecule has 0 spiro atoms. The van der Waals surface area contributed by atoms with Gasteiger partial charge in [0.2, 0.25) is 11.9 Å². The highest BCUT2D eigenvalue weighted by atomic mass is 15.5. The molecule has 9 nitrogen and oxygen atoms in total. The fourth-order valence-corrected chi connectivity index (χ4v) is 2.74. The zero-order chi connectivity index (χ0) is 20.3. The SMILES string of the molecule is CN(C)CCCN=C1NC(=NCCCN(C)C)NC(N)(CCCN(C)C)N1. The molecule has 1 rings (SSSR count). The first-order valence-electron chi connectivity index (χ1n) is 9.85. The lowest BCUT2D eigenvalue weighted by molar-refractivity contribution is 0.286. The topological polar surface area (TPSA) is 96.5 Å². The average molecular weight is 384 g/mol. The van der Waals surface area contributed by atoms with Crippen LogP contribution in [-0.2, 0) is 0 Å². The number of nitrogens with one attached hydrogen (secondary N) is 3. The lowest BCUT2D eigenvalue weighted by atomic mass is 10.1. The molecule has 5 N–H and O–H groups in total. The maximum atomic E-state index is 6.57. The second kappa shape index (κ2) is 12.1. The van der Waals surface area contributed by atoms with E-state index >= 15 is 0 Å². The highest BCUT2D eigenvalue weighted by molar-refractivity contribution is 6.01. The Morgan fingerprint density at radius 2 is 1.15 bits per heavy atom. The Morgan fingerprint density at radius 3 is 1.56 bits per heavy atom. The van der Waals surface area contributed by atoms with Crippen LogP contribution in [0.1, 0.15) is 25.7 Å². The van der Waals surface area contributed by atoms with E-state index in [-0.39, 0.29) is 0 Å². The van der Waals surface area contributed by atoms with Gasteiger partial charge in [0, 0.05) is 19.5 Å². The van der Waals surface area contributed by atoms with Crippen LogP contribution in [0.4, 0.5) is 0 Å². The van der Waals surface area contributed by atoms with Crippen LogP contribution in [0.25, 0.3) is 0 Å². The van der Waals surface area contributed by atoms with Crippen molar-refractivity contribution < 1.29 is 0 Å². The molecular weight excluding hydrogens is 342 g/mol. The summed E-state index contributed by atoms with van der Waals surface area (Å²) in [7, 11) is 12.4. The van der Waals surface area contributed by atoms with Crippen molar-refractivity contribution in [1.82, 2.24) is 30.7 Å². The molecule has 1 saturated heterocycles. The van der Waals surface area contributed by atoms with Crippen LogP contribution in [0.3, 0.4) is 0 Å². The fourth-order valence-electron chi connectivity index (χ4n) is 2.74. The van der Waals surface area contributed by atoms with E-state index < -0.39 is 5.79 Å². The Balaban J connectivity index is 2.69. The molecule has 0 amide bonds. The molecule has 158 valence electrons. The van der Waals surface area contributed by atoms with E-state index in [9.17, 15) is 0 Å². The first kappa shape index (κ1) is 23.6. The van der Waals surface area contributed by atoms with E-state index in [1.807, 2.05) is 0 Å². The van der Waals surface area contributed by atoms with E-state index in [0.29, 0.717) is 11.9 Å². The minimum absolute atomic E-state index is 0.700. The number of guanidine groups is 2. The van der Waals surface area contributed by atoms with Crippen LogP contribution < -0.4 is 21.7 Å². The van der Waals surface area contributed by atoms with Gasteiger partial charge in [0.15, 0.2) is 5.79 Å². The zero-order valence-corrected chi connectivity index (χ0v) is 18.2. The van der Waals surface area contributed by atoms with E-state index in [1.54, 1.807) is 0 Å². The van der Waals surface area contributed by atoms with Crippen LogP contribution in [0.15, 0.2) is 9.98 Å². The van der Waals surface area contributed by atoms with Gasteiger partial charge >= 0.3 is 0 Å². The molecule has 9 heteroatoms. The van der Waals surface area contributed by atoms with Gasteiger partial charge in [-0.15, -0.1) is 0 Å². The third-order valence-electron chi connectivity index (χ3n) is 4.16. The summed E-state index contributed by atoms with van der Waals surface area (Å²) in [6, 6.07) is 0. The highest BCUT2D eigenvalue weighted by Gasteiger charge is 2.31. The Kier molecular flexibility index (Phi) is 10.6. The van der Waals surface area contributed by atoms with Gasteiger partial charge in [0.25, 0.3) is 0 Å². The van der Waals surface area contributed by atoms with E-state index in [1.165, 1.54) is 0 Å². The van der Waals surface area contributed by atoms with E-state index in [0.717, 1.165) is 58.4 Å². The summed E-state index contributed by atoms with van der Waals surface area (Å²) in [6.45, 7) is 4.50. The first-order chi connectivity index (χ1) is 12.7. The minimum Gasteiger partial charge on any atom is -0.321 e. The number of aliphatic imine (C=N–C) groups is 2. The molecule has 0 radical (unpaired) electrons. The Hall–Kier alpha value is -1.42. The molecule has 0 saturated carbocycles. The molecule has 0 bridgehead atoms. The molecule has 0 aliphatic carbocycles. The molecular formula is C18H41N9. The summed E-state index contributed by atoms with van der Waals surface area (Å²) in [5.41, 5.74) is 6.57. The summed E-state index contributed by atoms with van der Waals surface area (Å²) in [5.74, 6) is 0.666. The van der Waals surface area contributed by atoms with Crippen molar-refractivity contribution in [2.75, 3.05) is 75.0 Å². The summed E-state index contributed by atoms with van der Waals surface area (Å²) < 4.78 is 0. The zero-order valence-electron chi connectivity index (χ0n) is 18.2. The number of nitrogens with zero attached hydrogens (tertiary/aromatic N) is 5. The van der Waals surface area contributed by atoms with Gasteiger partial charge in [0.05, 0.1) is 0 Å². The maximum Gasteiger partial charge on any atom is 0.200 e. The predicted molar refractivity (Wildman–Crippen MR) is 115 cm³/mol. The second-order valence-corrected chi connectivity index (χ2v) is 8.03. The summed E-state index contributed by atoms with van der Waals surface area (Å²) in [6.07, 6.45) is 3.76. The molecule has 0 unspecified atom stereocenters. The minimum atomic E-state index is -0.734. The molecule has 0 aromatic carbocycles. The quantitative estimate of drug-likeness (QED) is 0.332. The summed E-state index contributed by atoms with van der Waals surface area (Å²) in [5, 5.41) is 9.87. The molecule has 1 heterocycles. The van der Waals surface area contributed by atoms with Crippen molar-refractivity contribution in [3.05, 3.63) is 0 Å². The predicted octanol–water partition coefficient (Wildman–Crippen LogP) is -0.661. The van der Waals surface area contributed by atoms with Crippen molar-refractivity contribution in [2.24, 2.45) is 15.7 Å². The third kappa shape index (κ3) is 11.1. The number of hydrogen-bond acceptors (Lipinski definition) is 6. The first-order valence-corrected chi connectivity index (χ1v) is 9.85. The van der Waals surface area contributed by atoms with Crippen molar-refractivity contribution >= 4 is 11.9 Å². The normalized spacial score (nSPS) is 23.2. The second-order valence-electron chi connectivity index (χ2n) is 8.03. The lowest BCUT2D eigenvalue weighted by Crippen LogP contribution is -2.75.